The molecule has 0 amide bonds. The van der Waals surface area contributed by atoms with Gasteiger partial charge >= 0.3 is 0 Å². The fourth-order valence-corrected chi connectivity index (χ4v) is 2.13. The topological polar surface area (TPSA) is 84.2 Å². The molecule has 2 heterocycles. The number of hydrogen-bond donors (Lipinski definition) is 2. The third-order valence-electron chi connectivity index (χ3n) is 2.92. The van der Waals surface area contributed by atoms with Crippen LogP contribution in [-0.4, -0.2) is 36.2 Å². The molecule has 0 spiro atoms. The Morgan fingerprint density at radius 1 is 1.75 bits per heavy atom. The van der Waals surface area contributed by atoms with Crippen LogP contribution in [0.25, 0.3) is 0 Å². The monoisotopic (exact) mass is 224 g/mol. The van der Waals surface area contributed by atoms with Crippen LogP contribution < -0.4 is 20.9 Å². The molecule has 6 nitrogen and oxygen atoms in total. The maximum atomic E-state index is 11.5. The molecule has 1 fully saturated rings. The van der Waals surface area contributed by atoms with Crippen molar-refractivity contribution in [3.8, 4) is 5.75 Å². The number of nitrogens with two attached hydrogens (primary N) is 1. The molecule has 1 saturated heterocycles. The molecule has 1 atom stereocenters. The highest BCUT2D eigenvalue weighted by molar-refractivity contribution is 5.52. The second-order valence-electron chi connectivity index (χ2n) is 3.81. The van der Waals surface area contributed by atoms with E-state index in [0.29, 0.717) is 12.4 Å². The lowest BCUT2D eigenvalue weighted by molar-refractivity contribution is 0.405. The fourth-order valence-electron chi connectivity index (χ4n) is 2.13. The van der Waals surface area contributed by atoms with E-state index in [1.165, 1.54) is 13.4 Å². The molecule has 0 saturated carbocycles. The van der Waals surface area contributed by atoms with Crippen molar-refractivity contribution >= 4 is 5.82 Å². The molecule has 0 radical (unpaired) electrons. The molecule has 2 rings (SSSR count). The van der Waals surface area contributed by atoms with Gasteiger partial charge in [-0.2, -0.15) is 0 Å². The van der Waals surface area contributed by atoms with Crippen molar-refractivity contribution in [1.82, 2.24) is 9.97 Å². The lowest BCUT2D eigenvalue weighted by Crippen LogP contribution is -2.37. The largest absolute Gasteiger partial charge is 0.489 e. The fraction of sp³-hybridized carbons (Fsp3) is 0.600. The maximum Gasteiger partial charge on any atom is 0.295 e. The van der Waals surface area contributed by atoms with Crippen molar-refractivity contribution in [3.63, 3.8) is 0 Å². The highest BCUT2D eigenvalue weighted by Crippen LogP contribution is 2.28. The van der Waals surface area contributed by atoms with Crippen molar-refractivity contribution in [2.75, 3.05) is 25.1 Å². The Balaban J connectivity index is 2.39. The maximum absolute atomic E-state index is 11.5. The summed E-state index contributed by atoms with van der Waals surface area (Å²) in [6, 6.07) is 0.253. The minimum Gasteiger partial charge on any atom is -0.489 e. The van der Waals surface area contributed by atoms with Crippen LogP contribution in [0.5, 0.6) is 5.75 Å². The molecule has 1 unspecified atom stereocenters. The Morgan fingerprint density at radius 2 is 2.56 bits per heavy atom. The number of nitrogens with one attached hydrogen (secondary N) is 1. The summed E-state index contributed by atoms with van der Waals surface area (Å²) in [7, 11) is 1.48. The van der Waals surface area contributed by atoms with E-state index in [1.54, 1.807) is 0 Å². The Hall–Kier alpha value is -1.56. The summed E-state index contributed by atoms with van der Waals surface area (Å²) in [5.41, 5.74) is 5.44. The van der Waals surface area contributed by atoms with Crippen LogP contribution in [0.2, 0.25) is 0 Å². The first kappa shape index (κ1) is 10.9. The van der Waals surface area contributed by atoms with Crippen molar-refractivity contribution in [2.24, 2.45) is 5.73 Å². The molecule has 6 heteroatoms. The van der Waals surface area contributed by atoms with Gasteiger partial charge in [0.15, 0.2) is 5.82 Å². The molecule has 0 aromatic carbocycles. The Labute approximate surface area is 93.4 Å². The second kappa shape index (κ2) is 4.52. The summed E-state index contributed by atoms with van der Waals surface area (Å²) < 4.78 is 5.09. The number of aromatic amines is 1. The SMILES string of the molecule is COc1c(N2CCCC2CN)nc[nH]c1=O. The average molecular weight is 224 g/mol. The zero-order valence-corrected chi connectivity index (χ0v) is 9.27. The van der Waals surface area contributed by atoms with Crippen molar-refractivity contribution in [2.45, 2.75) is 18.9 Å². The first-order valence-corrected chi connectivity index (χ1v) is 5.36. The quantitative estimate of drug-likeness (QED) is 0.736. The van der Waals surface area contributed by atoms with Crippen molar-refractivity contribution < 1.29 is 4.74 Å². The van der Waals surface area contributed by atoms with E-state index in [0.717, 1.165) is 19.4 Å². The van der Waals surface area contributed by atoms with Gasteiger partial charge < -0.3 is 20.4 Å². The number of rotatable bonds is 3. The number of H-pyrrole nitrogens is 1. The average Bonchev–Trinajstić information content (AvgIpc) is 2.76. The summed E-state index contributed by atoms with van der Waals surface area (Å²) in [4.78, 5) is 20.3. The molecule has 1 aliphatic rings. The molecule has 1 aliphatic heterocycles. The molecule has 0 aliphatic carbocycles. The van der Waals surface area contributed by atoms with Gasteiger partial charge in [0.2, 0.25) is 5.75 Å². The number of nitrogens with zero attached hydrogens (tertiary/aromatic N) is 2. The van der Waals surface area contributed by atoms with E-state index in [9.17, 15) is 4.79 Å². The molecular formula is C10H16N4O2. The van der Waals surface area contributed by atoms with E-state index in [1.807, 2.05) is 4.90 Å². The molecule has 1 aromatic rings. The van der Waals surface area contributed by atoms with Crippen LogP contribution in [0, 0.1) is 0 Å². The highest BCUT2D eigenvalue weighted by Gasteiger charge is 2.27. The predicted octanol–water partition coefficient (Wildman–Crippen LogP) is -0.294. The zero-order valence-electron chi connectivity index (χ0n) is 9.27. The van der Waals surface area contributed by atoms with E-state index >= 15 is 0 Å². The van der Waals surface area contributed by atoms with Crippen LogP contribution in [0.3, 0.4) is 0 Å². The van der Waals surface area contributed by atoms with E-state index in [4.69, 9.17) is 10.5 Å². The van der Waals surface area contributed by atoms with Gasteiger partial charge in [-0.05, 0) is 12.8 Å². The molecule has 3 N–H and O–H groups in total. The minimum absolute atomic E-state index is 0.253. The zero-order chi connectivity index (χ0) is 11.5. The Bertz CT molecular complexity index is 418. The smallest absolute Gasteiger partial charge is 0.295 e. The number of anilines is 1. The van der Waals surface area contributed by atoms with Gasteiger partial charge in [0, 0.05) is 19.1 Å². The van der Waals surface area contributed by atoms with Gasteiger partial charge in [0.1, 0.15) is 0 Å². The molecule has 1 aromatic heterocycles. The van der Waals surface area contributed by atoms with Crippen LogP contribution in [-0.2, 0) is 0 Å². The number of ether oxygens (including phenoxy) is 1. The third kappa shape index (κ3) is 1.76. The van der Waals surface area contributed by atoms with Gasteiger partial charge in [-0.3, -0.25) is 4.79 Å². The molecule has 16 heavy (non-hydrogen) atoms. The summed E-state index contributed by atoms with van der Waals surface area (Å²) in [6.07, 6.45) is 3.50. The van der Waals surface area contributed by atoms with Gasteiger partial charge in [0.25, 0.3) is 5.56 Å². The normalized spacial score (nSPS) is 20.1. The van der Waals surface area contributed by atoms with Crippen molar-refractivity contribution in [1.29, 1.82) is 0 Å². The van der Waals surface area contributed by atoms with Crippen LogP contribution in [0.15, 0.2) is 11.1 Å². The first-order valence-electron chi connectivity index (χ1n) is 5.36. The van der Waals surface area contributed by atoms with Crippen LogP contribution in [0.1, 0.15) is 12.8 Å². The van der Waals surface area contributed by atoms with Crippen LogP contribution >= 0.6 is 0 Å². The number of aromatic nitrogens is 2. The summed E-state index contributed by atoms with van der Waals surface area (Å²) in [6.45, 7) is 1.44. The lowest BCUT2D eigenvalue weighted by atomic mass is 10.2. The van der Waals surface area contributed by atoms with E-state index in [2.05, 4.69) is 9.97 Å². The highest BCUT2D eigenvalue weighted by atomic mass is 16.5. The third-order valence-corrected chi connectivity index (χ3v) is 2.92. The van der Waals surface area contributed by atoms with Crippen LogP contribution in [0.4, 0.5) is 5.82 Å². The summed E-state index contributed by atoms with van der Waals surface area (Å²) in [5, 5.41) is 0. The predicted molar refractivity (Wildman–Crippen MR) is 60.8 cm³/mol. The standard InChI is InChI=1S/C10H16N4O2/c1-16-8-9(12-6-13-10(8)15)14-4-2-3-7(14)5-11/h6-7H,2-5,11H2,1H3,(H,12,13,15). The number of hydrogen-bond acceptors (Lipinski definition) is 5. The number of methoxy groups -OCH3 is 1. The molecule has 0 bridgehead atoms. The van der Waals surface area contributed by atoms with Gasteiger partial charge in [0.05, 0.1) is 13.4 Å². The van der Waals surface area contributed by atoms with E-state index in [-0.39, 0.29) is 17.4 Å². The van der Waals surface area contributed by atoms with Gasteiger partial charge in [-0.15, -0.1) is 0 Å². The molecule has 88 valence electrons. The Morgan fingerprint density at radius 3 is 3.25 bits per heavy atom. The Kier molecular flexibility index (Phi) is 3.09. The second-order valence-corrected chi connectivity index (χ2v) is 3.81. The minimum atomic E-state index is -0.254. The van der Waals surface area contributed by atoms with Gasteiger partial charge in [-0.1, -0.05) is 0 Å². The first-order chi connectivity index (χ1) is 7.77. The molecular weight excluding hydrogens is 208 g/mol. The van der Waals surface area contributed by atoms with E-state index < -0.39 is 0 Å². The summed E-state index contributed by atoms with van der Waals surface area (Å²) >= 11 is 0. The summed E-state index contributed by atoms with van der Waals surface area (Å²) in [5.74, 6) is 0.863. The van der Waals surface area contributed by atoms with Gasteiger partial charge in [-0.25, -0.2) is 4.98 Å². The lowest BCUT2D eigenvalue weighted by Gasteiger charge is -2.25. The van der Waals surface area contributed by atoms with Crippen molar-refractivity contribution in [3.05, 3.63) is 16.7 Å².